The van der Waals surface area contributed by atoms with Gasteiger partial charge in [0.15, 0.2) is 0 Å². The number of aryl methyl sites for hydroxylation is 2. The van der Waals surface area contributed by atoms with Crippen LogP contribution in [-0.2, 0) is 24.8 Å². The lowest BCUT2D eigenvalue weighted by Gasteiger charge is -2.24. The molecule has 2 N–H and O–H groups in total. The van der Waals surface area contributed by atoms with E-state index in [0.717, 1.165) is 15.4 Å². The molecular weight excluding hydrogens is 558 g/mol. The molecule has 0 aliphatic rings. The second-order valence-corrected chi connectivity index (χ2v) is 12.8. The highest BCUT2D eigenvalue weighted by molar-refractivity contribution is 7.93. The second kappa shape index (κ2) is 11.5. The van der Waals surface area contributed by atoms with Gasteiger partial charge in [-0.3, -0.25) is 13.8 Å². The van der Waals surface area contributed by atoms with E-state index in [2.05, 4.69) is 10.0 Å². The summed E-state index contributed by atoms with van der Waals surface area (Å²) >= 11 is 6.25. The van der Waals surface area contributed by atoms with Crippen molar-refractivity contribution in [2.45, 2.75) is 23.6 Å². The maximum absolute atomic E-state index is 13.5. The summed E-state index contributed by atoms with van der Waals surface area (Å²) < 4.78 is 56.0. The van der Waals surface area contributed by atoms with Crippen LogP contribution in [0.4, 0.5) is 17.1 Å². The Morgan fingerprint density at radius 3 is 2.10 bits per heavy atom. The highest BCUT2D eigenvalue weighted by Gasteiger charge is 2.27. The third-order valence-corrected chi connectivity index (χ3v) is 9.37. The van der Waals surface area contributed by atoms with Crippen LogP contribution in [0.3, 0.4) is 0 Å². The summed E-state index contributed by atoms with van der Waals surface area (Å²) in [6, 6.07) is 25.0. The van der Waals surface area contributed by atoms with Crippen LogP contribution >= 0.6 is 11.6 Å². The highest BCUT2D eigenvalue weighted by atomic mass is 35.5. The Balaban J connectivity index is 1.54. The number of carbonyl (C=O) groups excluding carboxylic acids is 1. The molecule has 0 aliphatic carbocycles. The third kappa shape index (κ3) is 6.78. The van der Waals surface area contributed by atoms with Crippen molar-refractivity contribution in [3.8, 4) is 0 Å². The fraction of sp³-hybridized carbons (Fsp3) is 0.107. The van der Waals surface area contributed by atoms with Crippen molar-refractivity contribution < 1.29 is 21.6 Å². The van der Waals surface area contributed by atoms with Crippen molar-refractivity contribution in [1.29, 1.82) is 0 Å². The van der Waals surface area contributed by atoms with E-state index in [1.165, 1.54) is 42.5 Å². The zero-order valence-electron chi connectivity index (χ0n) is 21.1. The van der Waals surface area contributed by atoms with Gasteiger partial charge in [0.25, 0.3) is 20.0 Å². The summed E-state index contributed by atoms with van der Waals surface area (Å²) in [6.07, 6.45) is 0. The van der Waals surface area contributed by atoms with Crippen molar-refractivity contribution in [2.75, 3.05) is 20.9 Å². The molecule has 0 saturated heterocycles. The van der Waals surface area contributed by atoms with Crippen LogP contribution in [0, 0.1) is 13.8 Å². The predicted octanol–water partition coefficient (Wildman–Crippen LogP) is 5.59. The molecule has 0 radical (unpaired) electrons. The molecule has 0 heterocycles. The molecule has 0 aromatic heterocycles. The monoisotopic (exact) mass is 583 g/mol. The summed E-state index contributed by atoms with van der Waals surface area (Å²) in [7, 11) is -7.95. The van der Waals surface area contributed by atoms with Crippen LogP contribution in [0.2, 0.25) is 5.02 Å². The first kappa shape index (κ1) is 28.2. The molecule has 8 nitrogen and oxygen atoms in total. The van der Waals surface area contributed by atoms with Crippen molar-refractivity contribution in [2.24, 2.45) is 0 Å². The predicted molar refractivity (Wildman–Crippen MR) is 154 cm³/mol. The lowest BCUT2D eigenvalue weighted by atomic mass is 10.2. The number of nitrogens with zero attached hydrogens (tertiary/aromatic N) is 1. The van der Waals surface area contributed by atoms with E-state index in [-0.39, 0.29) is 15.5 Å². The van der Waals surface area contributed by atoms with E-state index in [9.17, 15) is 21.6 Å². The number of hydrogen-bond donors (Lipinski definition) is 2. The standard InChI is InChI=1S/C28H26ClN3O5S2/c1-20-7-6-8-23(17-20)31-38(34,35)25-15-12-22(13-16-25)30-28(33)19-32(24-14-11-21(2)27(29)18-24)39(36,37)26-9-4-3-5-10-26/h3-18,31H,19H2,1-2H3,(H,30,33). The molecule has 4 aromatic rings. The van der Waals surface area contributed by atoms with E-state index >= 15 is 0 Å². The number of nitrogens with one attached hydrogen (secondary N) is 2. The van der Waals surface area contributed by atoms with Gasteiger partial charge in [0.2, 0.25) is 5.91 Å². The van der Waals surface area contributed by atoms with Crippen LogP contribution in [0.15, 0.2) is 107 Å². The normalized spacial score (nSPS) is 11.6. The summed E-state index contributed by atoms with van der Waals surface area (Å²) in [5.74, 6) is -0.625. The lowest BCUT2D eigenvalue weighted by molar-refractivity contribution is -0.114. The molecule has 1 amide bonds. The van der Waals surface area contributed by atoms with Crippen LogP contribution in [-0.4, -0.2) is 29.3 Å². The minimum absolute atomic E-state index is 0.00424. The maximum atomic E-state index is 13.5. The van der Waals surface area contributed by atoms with Crippen LogP contribution in [0.1, 0.15) is 11.1 Å². The zero-order valence-corrected chi connectivity index (χ0v) is 23.5. The summed E-state index contributed by atoms with van der Waals surface area (Å²) in [6.45, 7) is 3.11. The van der Waals surface area contributed by atoms with Gasteiger partial charge in [-0.15, -0.1) is 0 Å². The van der Waals surface area contributed by atoms with Crippen LogP contribution < -0.4 is 14.3 Å². The molecule has 4 aromatic carbocycles. The minimum atomic E-state index is -4.10. The molecule has 0 spiro atoms. The second-order valence-electron chi connectivity index (χ2n) is 8.81. The van der Waals surface area contributed by atoms with Gasteiger partial charge in [0.05, 0.1) is 15.5 Å². The average molecular weight is 584 g/mol. The molecule has 11 heteroatoms. The number of sulfonamides is 2. The number of anilines is 3. The lowest BCUT2D eigenvalue weighted by Crippen LogP contribution is -2.38. The first-order valence-corrected chi connectivity index (χ1v) is 15.1. The Morgan fingerprint density at radius 1 is 0.769 bits per heavy atom. The van der Waals surface area contributed by atoms with E-state index in [0.29, 0.717) is 16.4 Å². The quantitative estimate of drug-likeness (QED) is 0.267. The largest absolute Gasteiger partial charge is 0.325 e. The topological polar surface area (TPSA) is 113 Å². The summed E-state index contributed by atoms with van der Waals surface area (Å²) in [5.41, 5.74) is 2.63. The van der Waals surface area contributed by atoms with Gasteiger partial charge >= 0.3 is 0 Å². The fourth-order valence-electron chi connectivity index (χ4n) is 3.74. The van der Waals surface area contributed by atoms with Gasteiger partial charge in [-0.1, -0.05) is 48.0 Å². The summed E-state index contributed by atoms with van der Waals surface area (Å²) in [4.78, 5) is 13.0. The SMILES string of the molecule is Cc1cccc(NS(=O)(=O)c2ccc(NC(=O)CN(c3ccc(C)c(Cl)c3)S(=O)(=O)c3ccccc3)cc2)c1. The van der Waals surface area contributed by atoms with Crippen molar-refractivity contribution in [3.05, 3.63) is 113 Å². The van der Waals surface area contributed by atoms with E-state index in [4.69, 9.17) is 11.6 Å². The van der Waals surface area contributed by atoms with Gasteiger partial charge in [-0.25, -0.2) is 16.8 Å². The summed E-state index contributed by atoms with van der Waals surface area (Å²) in [5, 5.41) is 2.99. The number of hydrogen-bond acceptors (Lipinski definition) is 5. The van der Waals surface area contributed by atoms with Gasteiger partial charge in [-0.05, 0) is 85.6 Å². The van der Waals surface area contributed by atoms with Gasteiger partial charge in [0.1, 0.15) is 6.54 Å². The molecule has 202 valence electrons. The molecule has 0 atom stereocenters. The smallest absolute Gasteiger partial charge is 0.264 e. The van der Waals surface area contributed by atoms with E-state index in [1.807, 2.05) is 13.0 Å². The maximum Gasteiger partial charge on any atom is 0.264 e. The molecule has 0 saturated carbocycles. The Kier molecular flexibility index (Phi) is 8.29. The van der Waals surface area contributed by atoms with Gasteiger partial charge < -0.3 is 5.32 Å². The Labute approximate surface area is 233 Å². The highest BCUT2D eigenvalue weighted by Crippen LogP contribution is 2.28. The minimum Gasteiger partial charge on any atom is -0.325 e. The molecule has 0 bridgehead atoms. The Bertz CT molecular complexity index is 1710. The number of carbonyl (C=O) groups is 1. The van der Waals surface area contributed by atoms with Crippen molar-refractivity contribution in [1.82, 2.24) is 0 Å². The number of halogens is 1. The van der Waals surface area contributed by atoms with Gasteiger partial charge in [0, 0.05) is 16.4 Å². The molecule has 0 unspecified atom stereocenters. The molecular formula is C28H26ClN3O5S2. The number of rotatable bonds is 9. The zero-order chi connectivity index (χ0) is 28.2. The third-order valence-electron chi connectivity index (χ3n) is 5.78. The van der Waals surface area contributed by atoms with E-state index in [1.54, 1.807) is 55.5 Å². The molecule has 4 rings (SSSR count). The molecule has 39 heavy (non-hydrogen) atoms. The van der Waals surface area contributed by atoms with Gasteiger partial charge in [-0.2, -0.15) is 0 Å². The molecule has 0 aliphatic heterocycles. The van der Waals surface area contributed by atoms with Crippen molar-refractivity contribution in [3.63, 3.8) is 0 Å². The molecule has 0 fully saturated rings. The van der Waals surface area contributed by atoms with Crippen molar-refractivity contribution >= 4 is 54.6 Å². The number of benzene rings is 4. The van der Waals surface area contributed by atoms with Crippen LogP contribution in [0.5, 0.6) is 0 Å². The average Bonchev–Trinajstić information content (AvgIpc) is 2.89. The first-order chi connectivity index (χ1) is 18.5. The Morgan fingerprint density at radius 2 is 1.46 bits per heavy atom. The first-order valence-electron chi connectivity index (χ1n) is 11.8. The Hall–Kier alpha value is -3.86. The van der Waals surface area contributed by atoms with E-state index < -0.39 is 32.5 Å². The fourth-order valence-corrected chi connectivity index (χ4v) is 6.40. The van der Waals surface area contributed by atoms with Crippen LogP contribution in [0.25, 0.3) is 0 Å². The number of amides is 1.